The Morgan fingerprint density at radius 3 is 2.48 bits per heavy atom. The fraction of sp³-hybridized carbons (Fsp3) is 0.211. The lowest BCUT2D eigenvalue weighted by Crippen LogP contribution is -2.32. The third-order valence-electron chi connectivity index (χ3n) is 3.76. The molecule has 2 aromatic carbocycles. The van der Waals surface area contributed by atoms with E-state index in [4.69, 9.17) is 23.8 Å². The van der Waals surface area contributed by atoms with Crippen molar-refractivity contribution in [2.45, 2.75) is 20.8 Å². The van der Waals surface area contributed by atoms with Crippen molar-refractivity contribution in [1.29, 1.82) is 5.26 Å². The van der Waals surface area contributed by atoms with Crippen molar-refractivity contribution < 1.29 is 4.79 Å². The summed E-state index contributed by atoms with van der Waals surface area (Å²) >= 11 is 11.4. The van der Waals surface area contributed by atoms with Gasteiger partial charge in [-0.15, -0.1) is 0 Å². The van der Waals surface area contributed by atoms with Gasteiger partial charge >= 0.3 is 0 Å². The van der Waals surface area contributed by atoms with Crippen LogP contribution in [0.4, 0.5) is 11.4 Å². The topological polar surface area (TPSA) is 64.9 Å². The Kier molecular flexibility index (Phi) is 6.13. The number of nitrogens with one attached hydrogen (secondary N) is 2. The van der Waals surface area contributed by atoms with Gasteiger partial charge in [-0.2, -0.15) is 5.26 Å². The highest BCUT2D eigenvalue weighted by atomic mass is 35.5. The number of hydrogen-bond acceptors (Lipinski definition) is 3. The number of para-hydroxylation sites is 1. The van der Waals surface area contributed by atoms with Gasteiger partial charge in [-0.25, -0.2) is 0 Å². The number of carbonyl (C=O) groups excluding carboxylic acids is 1. The quantitative estimate of drug-likeness (QED) is 0.759. The Morgan fingerprint density at radius 1 is 1.16 bits per heavy atom. The molecule has 1 unspecified atom stereocenters. The molecule has 0 saturated carbocycles. The van der Waals surface area contributed by atoms with Crippen LogP contribution in [0.5, 0.6) is 0 Å². The molecule has 0 bridgehead atoms. The van der Waals surface area contributed by atoms with Gasteiger partial charge in [0.2, 0.25) is 5.91 Å². The highest BCUT2D eigenvalue weighted by molar-refractivity contribution is 7.80. The number of nitrogens with zero attached hydrogens (tertiary/aromatic N) is 1. The monoisotopic (exact) mass is 371 g/mol. The number of halogens is 1. The van der Waals surface area contributed by atoms with E-state index in [0.717, 1.165) is 22.4 Å². The molecule has 4 nitrogen and oxygen atoms in total. The fourth-order valence-corrected chi connectivity index (χ4v) is 2.92. The molecule has 0 radical (unpaired) electrons. The molecule has 1 atom stereocenters. The molecular weight excluding hydrogens is 354 g/mol. The van der Waals surface area contributed by atoms with E-state index in [2.05, 4.69) is 10.6 Å². The van der Waals surface area contributed by atoms with Crippen LogP contribution in [0.3, 0.4) is 0 Å². The smallest absolute Gasteiger partial charge is 0.248 e. The van der Waals surface area contributed by atoms with Gasteiger partial charge < -0.3 is 10.6 Å². The first-order valence-corrected chi connectivity index (χ1v) is 8.46. The van der Waals surface area contributed by atoms with Gasteiger partial charge in [-0.1, -0.05) is 53.6 Å². The third kappa shape index (κ3) is 4.56. The normalized spacial score (nSPS) is 11.3. The second kappa shape index (κ2) is 8.11. The summed E-state index contributed by atoms with van der Waals surface area (Å²) in [6.07, 6.45) is 0. The molecule has 2 rings (SSSR count). The Bertz CT molecular complexity index is 853. The zero-order chi connectivity index (χ0) is 18.6. The van der Waals surface area contributed by atoms with E-state index in [1.54, 1.807) is 12.1 Å². The minimum absolute atomic E-state index is 0.150. The number of thiocarbonyl (C=S) groups is 1. The molecule has 0 aromatic heterocycles. The second-order valence-electron chi connectivity index (χ2n) is 5.79. The summed E-state index contributed by atoms with van der Waals surface area (Å²) in [7, 11) is 0. The lowest BCUT2D eigenvalue weighted by Gasteiger charge is -2.16. The zero-order valence-corrected chi connectivity index (χ0v) is 15.8. The van der Waals surface area contributed by atoms with Gasteiger partial charge in [0.25, 0.3) is 0 Å². The van der Waals surface area contributed by atoms with Crippen LogP contribution < -0.4 is 10.6 Å². The maximum absolute atomic E-state index is 12.5. The summed E-state index contributed by atoms with van der Waals surface area (Å²) in [5, 5.41) is 15.5. The summed E-state index contributed by atoms with van der Waals surface area (Å²) in [5.41, 5.74) is 4.19. The van der Waals surface area contributed by atoms with E-state index < -0.39 is 11.8 Å². The third-order valence-corrected chi connectivity index (χ3v) is 4.42. The molecule has 6 heteroatoms. The van der Waals surface area contributed by atoms with Gasteiger partial charge in [0.05, 0.1) is 16.8 Å². The zero-order valence-electron chi connectivity index (χ0n) is 14.2. The number of rotatable bonds is 4. The summed E-state index contributed by atoms with van der Waals surface area (Å²) < 4.78 is 0. The highest BCUT2D eigenvalue weighted by Crippen LogP contribution is 2.26. The van der Waals surface area contributed by atoms with Crippen LogP contribution in [0, 0.1) is 38.0 Å². The standard InChI is InChI=1S/C19H18ClN3OS/c1-11-7-8-16(13(3)9-11)22-19(25)14(10-21)18(24)23-17-12(2)5-4-6-15(17)20/h4-9,14H,1-3H3,(H,22,25)(H,23,24). The van der Waals surface area contributed by atoms with Gasteiger partial charge in [0.1, 0.15) is 4.99 Å². The minimum Gasteiger partial charge on any atom is -0.348 e. The van der Waals surface area contributed by atoms with E-state index in [0.29, 0.717) is 10.7 Å². The van der Waals surface area contributed by atoms with Crippen LogP contribution in [-0.2, 0) is 4.79 Å². The first-order chi connectivity index (χ1) is 11.8. The van der Waals surface area contributed by atoms with Crippen LogP contribution in [-0.4, -0.2) is 10.9 Å². The summed E-state index contributed by atoms with van der Waals surface area (Å²) in [4.78, 5) is 12.6. The van der Waals surface area contributed by atoms with Gasteiger partial charge in [0, 0.05) is 5.69 Å². The Balaban J connectivity index is 2.17. The van der Waals surface area contributed by atoms with Gasteiger partial charge in [0.15, 0.2) is 5.92 Å². The largest absolute Gasteiger partial charge is 0.348 e. The van der Waals surface area contributed by atoms with Gasteiger partial charge in [-0.05, 0) is 44.0 Å². The van der Waals surface area contributed by atoms with Crippen LogP contribution in [0.1, 0.15) is 16.7 Å². The maximum atomic E-state index is 12.5. The molecule has 0 spiro atoms. The number of hydrogen-bond donors (Lipinski definition) is 2. The van der Waals surface area contributed by atoms with E-state index >= 15 is 0 Å². The molecule has 0 aliphatic carbocycles. The molecule has 2 N–H and O–H groups in total. The van der Waals surface area contributed by atoms with E-state index in [9.17, 15) is 10.1 Å². The molecule has 0 aliphatic heterocycles. The molecule has 2 aromatic rings. The maximum Gasteiger partial charge on any atom is 0.248 e. The fourth-order valence-electron chi connectivity index (χ4n) is 2.38. The predicted octanol–water partition coefficient (Wildman–Crippen LogP) is 4.78. The highest BCUT2D eigenvalue weighted by Gasteiger charge is 2.24. The number of carbonyl (C=O) groups is 1. The van der Waals surface area contributed by atoms with Crippen molar-refractivity contribution in [2.75, 3.05) is 10.6 Å². The molecule has 0 saturated heterocycles. The van der Waals surface area contributed by atoms with Gasteiger partial charge in [-0.3, -0.25) is 4.79 Å². The van der Waals surface area contributed by atoms with Crippen molar-refractivity contribution in [3.63, 3.8) is 0 Å². The average Bonchev–Trinajstić information content (AvgIpc) is 2.54. The number of benzene rings is 2. The predicted molar refractivity (Wildman–Crippen MR) is 106 cm³/mol. The van der Waals surface area contributed by atoms with Crippen molar-refractivity contribution in [2.24, 2.45) is 5.92 Å². The summed E-state index contributed by atoms with van der Waals surface area (Å²) in [6.45, 7) is 5.76. The lowest BCUT2D eigenvalue weighted by atomic mass is 10.1. The van der Waals surface area contributed by atoms with E-state index in [1.165, 1.54) is 0 Å². The first kappa shape index (κ1) is 18.9. The molecule has 128 valence electrons. The molecule has 0 heterocycles. The number of nitriles is 1. The summed E-state index contributed by atoms with van der Waals surface area (Å²) in [6, 6.07) is 13.1. The van der Waals surface area contributed by atoms with Crippen molar-refractivity contribution in [3.05, 3.63) is 58.1 Å². The lowest BCUT2D eigenvalue weighted by molar-refractivity contribution is -0.116. The molecule has 0 aliphatic rings. The summed E-state index contributed by atoms with van der Waals surface area (Å²) in [5.74, 6) is -1.63. The van der Waals surface area contributed by atoms with Crippen molar-refractivity contribution in [3.8, 4) is 6.07 Å². The van der Waals surface area contributed by atoms with E-state index in [-0.39, 0.29) is 4.99 Å². The molecular formula is C19H18ClN3OS. The van der Waals surface area contributed by atoms with Crippen LogP contribution in [0.2, 0.25) is 5.02 Å². The minimum atomic E-state index is -1.12. The number of amides is 1. The second-order valence-corrected chi connectivity index (χ2v) is 6.64. The van der Waals surface area contributed by atoms with Crippen LogP contribution in [0.25, 0.3) is 0 Å². The average molecular weight is 372 g/mol. The number of anilines is 2. The number of aryl methyl sites for hydroxylation is 3. The first-order valence-electron chi connectivity index (χ1n) is 7.67. The Labute approximate surface area is 157 Å². The van der Waals surface area contributed by atoms with Crippen molar-refractivity contribution >= 4 is 46.1 Å². The van der Waals surface area contributed by atoms with E-state index in [1.807, 2.05) is 51.1 Å². The van der Waals surface area contributed by atoms with Crippen LogP contribution in [0.15, 0.2) is 36.4 Å². The Hall–Kier alpha value is -2.42. The van der Waals surface area contributed by atoms with Crippen LogP contribution >= 0.6 is 23.8 Å². The molecule has 0 fully saturated rings. The molecule has 1 amide bonds. The van der Waals surface area contributed by atoms with Crippen molar-refractivity contribution in [1.82, 2.24) is 0 Å². The molecule has 25 heavy (non-hydrogen) atoms. The SMILES string of the molecule is Cc1ccc(NC(=S)C(C#N)C(=O)Nc2c(C)cccc2Cl)c(C)c1. The Morgan fingerprint density at radius 2 is 1.88 bits per heavy atom.